The number of hydrogen-bond acceptors (Lipinski definition) is 6. The number of anilines is 1. The Kier molecular flexibility index (Phi) is 7.25. The molecule has 160 valence electrons. The third-order valence-corrected chi connectivity index (χ3v) is 6.14. The summed E-state index contributed by atoms with van der Waals surface area (Å²) in [7, 11) is 0. The van der Waals surface area contributed by atoms with E-state index in [4.69, 9.17) is 11.6 Å². The molecule has 1 aliphatic heterocycles. The number of hydrogen-bond donors (Lipinski definition) is 4. The maximum absolute atomic E-state index is 12.4. The number of thioether (sulfide) groups is 1. The Bertz CT molecular complexity index is 937. The van der Waals surface area contributed by atoms with Gasteiger partial charge in [-0.3, -0.25) is 4.79 Å². The lowest BCUT2D eigenvalue weighted by atomic mass is 10.0. The molecule has 2 aromatic rings. The number of carboxylic acid groups (broad SMARTS) is 1. The summed E-state index contributed by atoms with van der Waals surface area (Å²) in [6.45, 7) is 0.679. The smallest absolute Gasteiger partial charge is 0.407 e. The molecule has 0 spiro atoms. The molecule has 9 heteroatoms. The number of halogens is 1. The molecule has 2 aromatic carbocycles. The van der Waals surface area contributed by atoms with E-state index in [0.29, 0.717) is 53.5 Å². The number of unbranched alkanes of at least 4 members (excludes halogenated alkanes) is 1. The normalized spacial score (nSPS) is 14.1. The second-order valence-corrected chi connectivity index (χ2v) is 8.66. The van der Waals surface area contributed by atoms with Gasteiger partial charge < -0.3 is 25.5 Å². The molecule has 7 nitrogen and oxygen atoms in total. The third kappa shape index (κ3) is 5.89. The second-order valence-electron chi connectivity index (χ2n) is 7.04. The third-order valence-electron chi connectivity index (χ3n) is 4.81. The summed E-state index contributed by atoms with van der Waals surface area (Å²) in [4.78, 5) is 25.9. The number of nitrogens with one attached hydrogen (secondary N) is 1. The molecule has 30 heavy (non-hydrogen) atoms. The lowest BCUT2D eigenvalue weighted by Crippen LogP contribution is -2.32. The van der Waals surface area contributed by atoms with Gasteiger partial charge in [-0.05, 0) is 54.8 Å². The van der Waals surface area contributed by atoms with Crippen molar-refractivity contribution in [3.05, 3.63) is 58.6 Å². The van der Waals surface area contributed by atoms with Gasteiger partial charge in [0, 0.05) is 35.0 Å². The number of rotatable bonds is 9. The predicted molar refractivity (Wildman–Crippen MR) is 116 cm³/mol. The number of nitrogens with zero attached hydrogens (tertiary/aromatic N) is 1. The van der Waals surface area contributed by atoms with Gasteiger partial charge in [0.15, 0.2) is 5.78 Å². The maximum Gasteiger partial charge on any atom is 0.407 e. The first-order chi connectivity index (χ1) is 14.2. The summed E-state index contributed by atoms with van der Waals surface area (Å²) in [6.07, 6.45) is 0.941. The van der Waals surface area contributed by atoms with Gasteiger partial charge in [0.2, 0.25) is 0 Å². The molecule has 0 saturated carbocycles. The van der Waals surface area contributed by atoms with E-state index in [2.05, 4.69) is 5.32 Å². The van der Waals surface area contributed by atoms with Crippen LogP contribution in [0, 0.1) is 0 Å². The second kappa shape index (κ2) is 9.70. The first-order valence-corrected chi connectivity index (χ1v) is 10.7. The summed E-state index contributed by atoms with van der Waals surface area (Å²) in [6, 6.07) is 12.3. The van der Waals surface area contributed by atoms with Gasteiger partial charge in [-0.25, -0.2) is 4.79 Å². The summed E-state index contributed by atoms with van der Waals surface area (Å²) < 4.78 is 0. The number of carbonyl (C=O) groups is 2. The van der Waals surface area contributed by atoms with E-state index >= 15 is 0 Å². The number of benzene rings is 2. The Morgan fingerprint density at radius 1 is 1.10 bits per heavy atom. The highest BCUT2D eigenvalue weighted by Gasteiger charge is 2.33. The lowest BCUT2D eigenvalue weighted by Gasteiger charge is -2.19. The number of fused-ring (bicyclic) bond motifs is 1. The minimum atomic E-state index is -2.06. The van der Waals surface area contributed by atoms with Crippen molar-refractivity contribution in [1.82, 2.24) is 4.90 Å². The lowest BCUT2D eigenvalue weighted by molar-refractivity contribution is -0.0482. The highest BCUT2D eigenvalue weighted by molar-refractivity contribution is 8.00. The van der Waals surface area contributed by atoms with Gasteiger partial charge in [-0.2, -0.15) is 0 Å². The monoisotopic (exact) mass is 450 g/mol. The molecule has 4 N–H and O–H groups in total. The molecule has 1 aliphatic rings. The number of ketones is 1. The van der Waals surface area contributed by atoms with E-state index in [9.17, 15) is 24.9 Å². The average molecular weight is 451 g/mol. The van der Waals surface area contributed by atoms with E-state index in [1.807, 2.05) is 18.2 Å². The van der Waals surface area contributed by atoms with Crippen molar-refractivity contribution < 1.29 is 24.9 Å². The Labute approximate surface area is 183 Å². The van der Waals surface area contributed by atoms with Crippen LogP contribution in [0.2, 0.25) is 5.02 Å². The largest absolute Gasteiger partial charge is 0.465 e. The Morgan fingerprint density at radius 3 is 2.60 bits per heavy atom. The van der Waals surface area contributed by atoms with E-state index < -0.39 is 11.3 Å². The van der Waals surface area contributed by atoms with Crippen molar-refractivity contribution in [3.8, 4) is 0 Å². The van der Waals surface area contributed by atoms with Crippen LogP contribution in [-0.4, -0.2) is 50.4 Å². The molecule has 0 aromatic heterocycles. The van der Waals surface area contributed by atoms with Crippen LogP contribution in [0.4, 0.5) is 10.5 Å². The van der Waals surface area contributed by atoms with Gasteiger partial charge in [0.05, 0.1) is 5.69 Å². The highest BCUT2D eigenvalue weighted by atomic mass is 35.5. The topological polar surface area (TPSA) is 110 Å². The zero-order valence-electron chi connectivity index (χ0n) is 16.2. The van der Waals surface area contributed by atoms with Crippen molar-refractivity contribution in [1.29, 1.82) is 0 Å². The number of amides is 1. The fraction of sp³-hybridized carbons (Fsp3) is 0.333. The van der Waals surface area contributed by atoms with Crippen molar-refractivity contribution in [2.24, 2.45) is 0 Å². The molecule has 3 rings (SSSR count). The van der Waals surface area contributed by atoms with Gasteiger partial charge in [-0.15, -0.1) is 0 Å². The standard InChI is InChI=1S/C21H23ClN2O5S/c22-16-6-2-1-5-14(16)10-12-24(20(26)27)11-4-3-7-18(25)15-8-9-19-17(13-15)23-21(28,29)30-19/h1-2,5-6,8-9,13,23,28-29H,3-4,7,10-12H2,(H,26,27). The van der Waals surface area contributed by atoms with Gasteiger partial charge >= 0.3 is 11.3 Å². The molecule has 0 atom stereocenters. The highest BCUT2D eigenvalue weighted by Crippen LogP contribution is 2.42. The maximum atomic E-state index is 12.4. The minimum absolute atomic E-state index is 0.0732. The van der Waals surface area contributed by atoms with Crippen LogP contribution in [0.25, 0.3) is 0 Å². The molecule has 0 saturated heterocycles. The van der Waals surface area contributed by atoms with Crippen LogP contribution in [0.3, 0.4) is 0 Å². The summed E-state index contributed by atoms with van der Waals surface area (Å²) in [5.74, 6) is -0.0732. The number of Topliss-reactive ketones (excluding diaryl/α,β-unsaturated/α-hetero) is 1. The zero-order valence-corrected chi connectivity index (χ0v) is 17.7. The van der Waals surface area contributed by atoms with Gasteiger partial charge in [0.1, 0.15) is 0 Å². The predicted octanol–water partition coefficient (Wildman–Crippen LogP) is 4.03. The molecule has 0 radical (unpaired) electrons. The quantitative estimate of drug-likeness (QED) is 0.259. The van der Waals surface area contributed by atoms with Gasteiger partial charge in [-0.1, -0.05) is 35.9 Å². The zero-order chi connectivity index (χ0) is 21.7. The molecule has 0 unspecified atom stereocenters. The van der Waals surface area contributed by atoms with E-state index in [-0.39, 0.29) is 12.2 Å². The first-order valence-electron chi connectivity index (χ1n) is 9.55. The number of aliphatic hydroxyl groups is 2. The van der Waals surface area contributed by atoms with E-state index in [1.54, 1.807) is 24.3 Å². The van der Waals surface area contributed by atoms with Crippen LogP contribution in [0.15, 0.2) is 47.4 Å². The van der Waals surface area contributed by atoms with E-state index in [1.165, 1.54) is 4.90 Å². The summed E-state index contributed by atoms with van der Waals surface area (Å²) in [5.41, 5.74) is 1.89. The molecule has 1 heterocycles. The van der Waals surface area contributed by atoms with Crippen LogP contribution < -0.4 is 5.32 Å². The van der Waals surface area contributed by atoms with Crippen LogP contribution in [0.1, 0.15) is 35.2 Å². The van der Waals surface area contributed by atoms with Crippen LogP contribution in [0.5, 0.6) is 0 Å². The SMILES string of the molecule is O=C(CCCCN(CCc1ccccc1Cl)C(=O)O)c1ccc2c(c1)NC(O)(O)S2. The van der Waals surface area contributed by atoms with Crippen LogP contribution in [-0.2, 0) is 6.42 Å². The molecule has 0 aliphatic carbocycles. The fourth-order valence-electron chi connectivity index (χ4n) is 3.24. The van der Waals surface area contributed by atoms with Crippen molar-refractivity contribution in [2.45, 2.75) is 35.8 Å². The Hall–Kier alpha value is -2.26. The first kappa shape index (κ1) is 22.4. The molecule has 0 bridgehead atoms. The fourth-order valence-corrected chi connectivity index (χ4v) is 4.29. The summed E-state index contributed by atoms with van der Waals surface area (Å²) >= 11 is 6.99. The molecular formula is C21H23ClN2O5S. The Morgan fingerprint density at radius 2 is 1.87 bits per heavy atom. The Balaban J connectivity index is 1.45. The minimum Gasteiger partial charge on any atom is -0.465 e. The van der Waals surface area contributed by atoms with Crippen molar-refractivity contribution >= 4 is 40.9 Å². The summed E-state index contributed by atoms with van der Waals surface area (Å²) in [5, 5.41) is 29.7. The number of carbonyl (C=O) groups excluding carboxylic acids is 1. The van der Waals surface area contributed by atoms with Crippen molar-refractivity contribution in [3.63, 3.8) is 0 Å². The van der Waals surface area contributed by atoms with Crippen LogP contribution >= 0.6 is 23.4 Å². The van der Waals surface area contributed by atoms with Crippen molar-refractivity contribution in [2.75, 3.05) is 18.4 Å². The van der Waals surface area contributed by atoms with E-state index in [0.717, 1.165) is 17.3 Å². The molecule has 0 fully saturated rings. The molecular weight excluding hydrogens is 428 g/mol. The van der Waals surface area contributed by atoms with Gasteiger partial charge in [0.25, 0.3) is 0 Å². The average Bonchev–Trinajstić information content (AvgIpc) is 3.00. The molecule has 1 amide bonds.